The topological polar surface area (TPSA) is 76.6 Å². The fraction of sp³-hybridized carbons (Fsp3) is 0.722. The molecule has 1 aliphatic rings. The van der Waals surface area contributed by atoms with Crippen LogP contribution < -0.4 is 10.2 Å². The zero-order valence-corrected chi connectivity index (χ0v) is 15.6. The summed E-state index contributed by atoms with van der Waals surface area (Å²) in [4.78, 5) is 23.6. The SMILES string of the molecule is CCOC(=O)C(CCOC)NCc1cc(C)nc(N2CCCCC2)n1. The molecule has 1 saturated heterocycles. The third kappa shape index (κ3) is 6.25. The summed E-state index contributed by atoms with van der Waals surface area (Å²) in [6, 6.07) is 1.56. The summed E-state index contributed by atoms with van der Waals surface area (Å²) < 4.78 is 10.2. The molecule has 0 radical (unpaired) electrons. The number of nitrogens with one attached hydrogen (secondary N) is 1. The summed E-state index contributed by atoms with van der Waals surface area (Å²) in [6.07, 6.45) is 4.22. The number of aromatic nitrogens is 2. The summed E-state index contributed by atoms with van der Waals surface area (Å²) in [5, 5.41) is 3.25. The monoisotopic (exact) mass is 350 g/mol. The highest BCUT2D eigenvalue weighted by Crippen LogP contribution is 2.16. The standard InChI is InChI=1S/C18H30N4O3/c1-4-25-17(23)16(8-11-24-3)19-13-15-12-14(2)20-18(21-15)22-9-6-5-7-10-22/h12,16,19H,4-11,13H2,1-3H3. The van der Waals surface area contributed by atoms with E-state index in [0.29, 0.717) is 26.2 Å². The van der Waals surface area contributed by atoms with Gasteiger partial charge in [0.15, 0.2) is 0 Å². The van der Waals surface area contributed by atoms with Crippen LogP contribution in [0, 0.1) is 6.92 Å². The Labute approximate surface area is 150 Å². The van der Waals surface area contributed by atoms with Gasteiger partial charge in [0.2, 0.25) is 5.95 Å². The van der Waals surface area contributed by atoms with Crippen LogP contribution in [0.4, 0.5) is 5.95 Å². The molecular formula is C18H30N4O3. The van der Waals surface area contributed by atoms with Gasteiger partial charge in [0.1, 0.15) is 6.04 Å². The Bertz CT molecular complexity index is 547. The lowest BCUT2D eigenvalue weighted by Gasteiger charge is -2.27. The van der Waals surface area contributed by atoms with Crippen LogP contribution >= 0.6 is 0 Å². The number of carbonyl (C=O) groups excluding carboxylic acids is 1. The van der Waals surface area contributed by atoms with E-state index in [1.54, 1.807) is 7.11 Å². The number of anilines is 1. The summed E-state index contributed by atoms with van der Waals surface area (Å²) in [5.41, 5.74) is 1.83. The molecule has 140 valence electrons. The lowest BCUT2D eigenvalue weighted by molar-refractivity contribution is -0.146. The van der Waals surface area contributed by atoms with Gasteiger partial charge in [-0.05, 0) is 45.6 Å². The molecule has 7 heteroatoms. The smallest absolute Gasteiger partial charge is 0.323 e. The molecule has 0 aromatic carbocycles. The first-order chi connectivity index (χ1) is 12.1. The molecule has 1 aromatic heterocycles. The van der Waals surface area contributed by atoms with Crippen molar-refractivity contribution in [2.45, 2.75) is 52.1 Å². The maximum atomic E-state index is 12.1. The first kappa shape index (κ1) is 19.6. The summed E-state index contributed by atoms with van der Waals surface area (Å²) in [6.45, 7) is 7.17. The van der Waals surface area contributed by atoms with Crippen molar-refractivity contribution < 1.29 is 14.3 Å². The van der Waals surface area contributed by atoms with E-state index in [1.165, 1.54) is 19.3 Å². The normalized spacial score (nSPS) is 15.9. The van der Waals surface area contributed by atoms with Gasteiger partial charge in [-0.15, -0.1) is 0 Å². The first-order valence-electron chi connectivity index (χ1n) is 9.12. The van der Waals surface area contributed by atoms with Crippen molar-refractivity contribution in [1.82, 2.24) is 15.3 Å². The molecule has 0 saturated carbocycles. The lowest BCUT2D eigenvalue weighted by Crippen LogP contribution is -2.39. The van der Waals surface area contributed by atoms with Gasteiger partial charge in [-0.25, -0.2) is 9.97 Å². The molecule has 1 aliphatic heterocycles. The van der Waals surface area contributed by atoms with Crippen molar-refractivity contribution in [2.24, 2.45) is 0 Å². The Morgan fingerprint density at radius 2 is 2.08 bits per heavy atom. The molecule has 7 nitrogen and oxygen atoms in total. The number of carbonyl (C=O) groups is 1. The molecule has 1 atom stereocenters. The van der Waals surface area contributed by atoms with Crippen LogP contribution in [0.25, 0.3) is 0 Å². The molecule has 1 fully saturated rings. The van der Waals surface area contributed by atoms with Crippen LogP contribution in [-0.2, 0) is 20.8 Å². The Hall–Kier alpha value is -1.73. The Morgan fingerprint density at radius 3 is 2.76 bits per heavy atom. The molecule has 0 aliphatic carbocycles. The average Bonchev–Trinajstić information content (AvgIpc) is 2.62. The van der Waals surface area contributed by atoms with Crippen molar-refractivity contribution in [3.8, 4) is 0 Å². The fourth-order valence-corrected chi connectivity index (χ4v) is 2.95. The minimum Gasteiger partial charge on any atom is -0.465 e. The molecular weight excluding hydrogens is 320 g/mol. The molecule has 1 N–H and O–H groups in total. The van der Waals surface area contributed by atoms with Crippen molar-refractivity contribution in [1.29, 1.82) is 0 Å². The van der Waals surface area contributed by atoms with Crippen molar-refractivity contribution in [3.63, 3.8) is 0 Å². The van der Waals surface area contributed by atoms with Gasteiger partial charge in [0.05, 0.1) is 12.3 Å². The summed E-state index contributed by atoms with van der Waals surface area (Å²) >= 11 is 0. The Kier molecular flexibility index (Phi) is 8.08. The minimum atomic E-state index is -0.395. The largest absolute Gasteiger partial charge is 0.465 e. The molecule has 1 unspecified atom stereocenters. The number of ether oxygens (including phenoxy) is 2. The van der Waals surface area contributed by atoms with Crippen LogP contribution in [0.15, 0.2) is 6.07 Å². The van der Waals surface area contributed by atoms with Crippen LogP contribution in [0.2, 0.25) is 0 Å². The third-order valence-corrected chi connectivity index (χ3v) is 4.25. The van der Waals surface area contributed by atoms with Gasteiger partial charge in [0, 0.05) is 39.0 Å². The van der Waals surface area contributed by atoms with E-state index in [0.717, 1.165) is 30.4 Å². The average molecular weight is 350 g/mol. The minimum absolute atomic E-state index is 0.249. The van der Waals surface area contributed by atoms with Gasteiger partial charge < -0.3 is 14.4 Å². The molecule has 25 heavy (non-hydrogen) atoms. The second kappa shape index (κ2) is 10.3. The van der Waals surface area contributed by atoms with Crippen LogP contribution in [0.3, 0.4) is 0 Å². The number of piperidine rings is 1. The molecule has 2 heterocycles. The number of methoxy groups -OCH3 is 1. The quantitative estimate of drug-likeness (QED) is 0.681. The van der Waals surface area contributed by atoms with E-state index in [9.17, 15) is 4.79 Å². The maximum absolute atomic E-state index is 12.1. The van der Waals surface area contributed by atoms with Crippen LogP contribution in [0.1, 0.15) is 44.0 Å². The number of hydrogen-bond acceptors (Lipinski definition) is 7. The Balaban J connectivity index is 2.01. The zero-order valence-electron chi connectivity index (χ0n) is 15.6. The first-order valence-corrected chi connectivity index (χ1v) is 9.12. The van der Waals surface area contributed by atoms with E-state index in [1.807, 2.05) is 19.9 Å². The van der Waals surface area contributed by atoms with Gasteiger partial charge in [0.25, 0.3) is 0 Å². The van der Waals surface area contributed by atoms with Gasteiger partial charge >= 0.3 is 5.97 Å². The highest BCUT2D eigenvalue weighted by atomic mass is 16.5. The lowest BCUT2D eigenvalue weighted by atomic mass is 10.1. The van der Waals surface area contributed by atoms with Crippen LogP contribution in [0.5, 0.6) is 0 Å². The second-order valence-electron chi connectivity index (χ2n) is 6.32. The van der Waals surface area contributed by atoms with Crippen molar-refractivity contribution in [3.05, 3.63) is 17.5 Å². The molecule has 1 aromatic rings. The fourth-order valence-electron chi connectivity index (χ4n) is 2.95. The number of hydrogen-bond donors (Lipinski definition) is 1. The summed E-state index contributed by atoms with van der Waals surface area (Å²) in [7, 11) is 1.63. The molecule has 2 rings (SSSR count). The van der Waals surface area contributed by atoms with Crippen molar-refractivity contribution >= 4 is 11.9 Å². The predicted molar refractivity (Wildman–Crippen MR) is 96.6 cm³/mol. The van der Waals surface area contributed by atoms with E-state index >= 15 is 0 Å². The predicted octanol–water partition coefficient (Wildman–Crippen LogP) is 1.83. The number of rotatable bonds is 9. The van der Waals surface area contributed by atoms with Gasteiger partial charge in [-0.1, -0.05) is 0 Å². The Morgan fingerprint density at radius 1 is 1.32 bits per heavy atom. The van der Waals surface area contributed by atoms with Crippen LogP contribution in [-0.4, -0.2) is 55.4 Å². The number of aryl methyl sites for hydroxylation is 1. The van der Waals surface area contributed by atoms with E-state index in [2.05, 4.69) is 20.2 Å². The molecule has 0 bridgehead atoms. The number of nitrogens with zero attached hydrogens (tertiary/aromatic N) is 3. The highest BCUT2D eigenvalue weighted by Gasteiger charge is 2.20. The van der Waals surface area contributed by atoms with E-state index in [-0.39, 0.29) is 5.97 Å². The maximum Gasteiger partial charge on any atom is 0.323 e. The van der Waals surface area contributed by atoms with E-state index in [4.69, 9.17) is 9.47 Å². The van der Waals surface area contributed by atoms with Gasteiger partial charge in [-0.2, -0.15) is 0 Å². The molecule has 0 amide bonds. The van der Waals surface area contributed by atoms with Gasteiger partial charge in [-0.3, -0.25) is 10.1 Å². The van der Waals surface area contributed by atoms with Crippen molar-refractivity contribution in [2.75, 3.05) is 38.3 Å². The number of esters is 1. The van der Waals surface area contributed by atoms with E-state index < -0.39 is 6.04 Å². The summed E-state index contributed by atoms with van der Waals surface area (Å²) in [5.74, 6) is 0.544. The third-order valence-electron chi connectivity index (χ3n) is 4.25. The zero-order chi connectivity index (χ0) is 18.1. The molecule has 0 spiro atoms. The highest BCUT2D eigenvalue weighted by molar-refractivity contribution is 5.75. The second-order valence-corrected chi connectivity index (χ2v) is 6.32.